The second kappa shape index (κ2) is 2.28. The Labute approximate surface area is 75.9 Å². The number of ether oxygens (including phenoxy) is 4. The standard InChI is InChI=1S/C6H2O8/c7-3-11-5(9,12-3)1-2-6(10)13-4(8)14-6/h9-10H. The molecular formula is C6H2O8. The smallest absolute Gasteiger partial charge is 0.354 e. The molecular weight excluding hydrogens is 200 g/mol. The van der Waals surface area contributed by atoms with Gasteiger partial charge in [-0.2, -0.15) is 0 Å². The van der Waals surface area contributed by atoms with Gasteiger partial charge in [0.05, 0.1) is 0 Å². The van der Waals surface area contributed by atoms with E-state index >= 15 is 0 Å². The van der Waals surface area contributed by atoms with Crippen LogP contribution in [0.5, 0.6) is 0 Å². The van der Waals surface area contributed by atoms with Crippen molar-refractivity contribution in [2.75, 3.05) is 0 Å². The lowest BCUT2D eigenvalue weighted by atomic mass is 10.4. The Morgan fingerprint density at radius 1 is 0.857 bits per heavy atom. The first-order valence-electron chi connectivity index (χ1n) is 3.24. The molecule has 0 amide bonds. The van der Waals surface area contributed by atoms with Crippen molar-refractivity contribution in [1.82, 2.24) is 0 Å². The summed E-state index contributed by atoms with van der Waals surface area (Å²) in [6.07, 6.45) is -2.22. The van der Waals surface area contributed by atoms with Crippen molar-refractivity contribution in [1.29, 1.82) is 0 Å². The number of carbonyl (C=O) groups excluding carboxylic acids is 2. The third kappa shape index (κ3) is 1.30. The lowest BCUT2D eigenvalue weighted by molar-refractivity contribution is -0.356. The Morgan fingerprint density at radius 2 is 1.14 bits per heavy atom. The predicted molar refractivity (Wildman–Crippen MR) is 32.8 cm³/mol. The molecule has 2 saturated heterocycles. The van der Waals surface area contributed by atoms with E-state index in [4.69, 9.17) is 10.2 Å². The number of hydrogen-bond donors (Lipinski definition) is 2. The van der Waals surface area contributed by atoms with Gasteiger partial charge in [0.15, 0.2) is 0 Å². The highest BCUT2D eigenvalue weighted by molar-refractivity contribution is 5.67. The van der Waals surface area contributed by atoms with Crippen LogP contribution in [0, 0.1) is 11.8 Å². The summed E-state index contributed by atoms with van der Waals surface area (Å²) < 4.78 is 16.1. The first-order chi connectivity index (χ1) is 6.41. The molecule has 2 N–H and O–H groups in total. The summed E-state index contributed by atoms with van der Waals surface area (Å²) in [5, 5.41) is 18.0. The van der Waals surface area contributed by atoms with Crippen LogP contribution in [0.2, 0.25) is 0 Å². The fourth-order valence-electron chi connectivity index (χ4n) is 0.727. The maximum atomic E-state index is 10.1. The first-order valence-corrected chi connectivity index (χ1v) is 3.24. The minimum atomic E-state index is -2.42. The van der Waals surface area contributed by atoms with Crippen molar-refractivity contribution in [3.63, 3.8) is 0 Å². The van der Waals surface area contributed by atoms with Crippen LogP contribution in [0.1, 0.15) is 0 Å². The highest BCUT2D eigenvalue weighted by Crippen LogP contribution is 2.24. The number of cyclic esters (lactones) is 4. The molecule has 0 unspecified atom stereocenters. The molecule has 2 fully saturated rings. The number of aliphatic hydroxyl groups is 2. The van der Waals surface area contributed by atoms with Gasteiger partial charge in [0, 0.05) is 11.8 Å². The summed E-state index contributed by atoms with van der Waals surface area (Å²) in [6, 6.07) is 0. The summed E-state index contributed by atoms with van der Waals surface area (Å²) in [5.74, 6) is -1.28. The molecule has 0 aromatic carbocycles. The third-order valence-electron chi connectivity index (χ3n) is 1.27. The molecule has 0 saturated carbocycles. The third-order valence-corrected chi connectivity index (χ3v) is 1.27. The summed E-state index contributed by atoms with van der Waals surface area (Å²) in [6.45, 7) is 0. The van der Waals surface area contributed by atoms with E-state index in [0.29, 0.717) is 0 Å². The summed E-state index contributed by atoms with van der Waals surface area (Å²) in [7, 11) is 0. The van der Waals surface area contributed by atoms with Crippen LogP contribution in [0.3, 0.4) is 0 Å². The van der Waals surface area contributed by atoms with Crippen LogP contribution in [-0.2, 0) is 18.9 Å². The van der Waals surface area contributed by atoms with E-state index in [0.717, 1.165) is 0 Å². The molecule has 2 rings (SSSR count). The van der Waals surface area contributed by atoms with Gasteiger partial charge in [-0.15, -0.1) is 0 Å². The topological polar surface area (TPSA) is 112 Å². The van der Waals surface area contributed by atoms with Crippen LogP contribution < -0.4 is 0 Å². The lowest BCUT2D eigenvalue weighted by Crippen LogP contribution is -2.52. The van der Waals surface area contributed by atoms with Crippen LogP contribution >= 0.6 is 0 Å². The molecule has 8 nitrogen and oxygen atoms in total. The molecule has 0 spiro atoms. The van der Waals surface area contributed by atoms with Crippen molar-refractivity contribution in [2.45, 2.75) is 11.9 Å². The quantitative estimate of drug-likeness (QED) is 0.365. The Hall–Kier alpha value is -1.98. The minimum Gasteiger partial charge on any atom is -0.354 e. The van der Waals surface area contributed by atoms with E-state index in [1.807, 2.05) is 0 Å². The van der Waals surface area contributed by atoms with Crippen LogP contribution in [0.4, 0.5) is 9.59 Å². The molecule has 74 valence electrons. The zero-order chi connectivity index (χ0) is 10.4. The summed E-state index contributed by atoms with van der Waals surface area (Å²) >= 11 is 0. The Morgan fingerprint density at radius 3 is 1.36 bits per heavy atom. The van der Waals surface area contributed by atoms with Gasteiger partial charge in [-0.25, -0.2) is 9.59 Å². The molecule has 0 bridgehead atoms. The Bertz CT molecular complexity index is 323. The van der Waals surface area contributed by atoms with Gasteiger partial charge in [0.2, 0.25) is 0 Å². The van der Waals surface area contributed by atoms with Crippen molar-refractivity contribution >= 4 is 12.3 Å². The lowest BCUT2D eigenvalue weighted by Gasteiger charge is -2.31. The van der Waals surface area contributed by atoms with Gasteiger partial charge in [-0.1, -0.05) is 0 Å². The normalized spacial score (nSPS) is 24.7. The van der Waals surface area contributed by atoms with Crippen molar-refractivity contribution in [2.24, 2.45) is 0 Å². The van der Waals surface area contributed by atoms with Gasteiger partial charge in [-0.05, 0) is 0 Å². The maximum absolute atomic E-state index is 10.1. The molecule has 0 aliphatic carbocycles. The molecule has 2 aliphatic heterocycles. The molecule has 8 heteroatoms. The van der Waals surface area contributed by atoms with E-state index < -0.39 is 24.3 Å². The van der Waals surface area contributed by atoms with Crippen LogP contribution in [0.25, 0.3) is 0 Å². The highest BCUT2D eigenvalue weighted by atomic mass is 17.0. The second-order valence-electron chi connectivity index (χ2n) is 2.32. The molecule has 0 atom stereocenters. The van der Waals surface area contributed by atoms with E-state index in [1.54, 1.807) is 11.8 Å². The SMILES string of the molecule is O=C1OC(O)(C#CC2(O)OC(=O)O2)O1. The molecule has 0 radical (unpaired) electrons. The zero-order valence-electron chi connectivity index (χ0n) is 6.34. The van der Waals surface area contributed by atoms with E-state index in [2.05, 4.69) is 18.9 Å². The molecule has 2 aliphatic rings. The average Bonchev–Trinajstić information content (AvgIpc) is 1.96. The Balaban J connectivity index is 2.00. The predicted octanol–water partition coefficient (Wildman–Crippen LogP) is -1.38. The van der Waals surface area contributed by atoms with Crippen molar-refractivity contribution in [3.05, 3.63) is 0 Å². The number of rotatable bonds is 0. The highest BCUT2D eigenvalue weighted by Gasteiger charge is 2.50. The largest absolute Gasteiger partial charge is 0.519 e. The van der Waals surface area contributed by atoms with Gasteiger partial charge >= 0.3 is 24.3 Å². The van der Waals surface area contributed by atoms with Gasteiger partial charge in [0.25, 0.3) is 0 Å². The molecule has 0 aromatic rings. The minimum absolute atomic E-state index is 1.11. The first kappa shape index (κ1) is 8.61. The summed E-state index contributed by atoms with van der Waals surface area (Å²) in [5.41, 5.74) is 0. The Kier molecular flexibility index (Phi) is 1.40. The number of carbonyl (C=O) groups is 2. The van der Waals surface area contributed by atoms with Crippen molar-refractivity contribution < 1.29 is 38.7 Å². The van der Waals surface area contributed by atoms with Gasteiger partial charge in [0.1, 0.15) is 0 Å². The second-order valence-corrected chi connectivity index (χ2v) is 2.32. The molecule has 14 heavy (non-hydrogen) atoms. The van der Waals surface area contributed by atoms with Crippen LogP contribution in [0.15, 0.2) is 0 Å². The monoisotopic (exact) mass is 202 g/mol. The van der Waals surface area contributed by atoms with Gasteiger partial charge < -0.3 is 29.2 Å². The van der Waals surface area contributed by atoms with Crippen LogP contribution in [-0.4, -0.2) is 34.5 Å². The number of hydrogen-bond acceptors (Lipinski definition) is 8. The summed E-state index contributed by atoms with van der Waals surface area (Å²) in [4.78, 5) is 20.2. The van der Waals surface area contributed by atoms with E-state index in [-0.39, 0.29) is 0 Å². The molecule has 2 heterocycles. The van der Waals surface area contributed by atoms with E-state index in [1.165, 1.54) is 0 Å². The van der Waals surface area contributed by atoms with Crippen molar-refractivity contribution in [3.8, 4) is 11.8 Å². The fraction of sp³-hybridized carbons (Fsp3) is 0.333. The fourth-order valence-corrected chi connectivity index (χ4v) is 0.727. The molecule has 0 aromatic heterocycles. The zero-order valence-corrected chi connectivity index (χ0v) is 6.34. The van der Waals surface area contributed by atoms with E-state index in [9.17, 15) is 9.59 Å². The average molecular weight is 202 g/mol. The maximum Gasteiger partial charge on any atom is 0.519 e. The van der Waals surface area contributed by atoms with Gasteiger partial charge in [-0.3, -0.25) is 0 Å².